The lowest BCUT2D eigenvalue weighted by Gasteiger charge is -2.15. The van der Waals surface area contributed by atoms with Crippen LogP contribution in [0.3, 0.4) is 0 Å². The third-order valence-corrected chi connectivity index (χ3v) is 3.76. The van der Waals surface area contributed by atoms with E-state index in [1.807, 2.05) is 24.3 Å². The number of hydrogen-bond donors (Lipinski definition) is 2. The van der Waals surface area contributed by atoms with Crippen molar-refractivity contribution in [2.24, 2.45) is 4.99 Å². The standard InChI is InChI=1S/C15H22ClN3O.HI/c1-17-15(19-11-13-6-4-10-20-13)18-9-8-12-5-2-3-7-14(12)16;/h2-3,5,7,13H,4,6,8-11H2,1H3,(H2,17,18,19);1H. The third-order valence-electron chi connectivity index (χ3n) is 3.39. The van der Waals surface area contributed by atoms with Gasteiger partial charge in [-0.3, -0.25) is 4.99 Å². The number of aliphatic imine (C=N–C) groups is 1. The van der Waals surface area contributed by atoms with Crippen molar-refractivity contribution in [2.75, 3.05) is 26.7 Å². The first-order chi connectivity index (χ1) is 9.79. The monoisotopic (exact) mass is 423 g/mol. The quantitative estimate of drug-likeness (QED) is 0.435. The van der Waals surface area contributed by atoms with Crippen LogP contribution >= 0.6 is 35.6 Å². The van der Waals surface area contributed by atoms with Gasteiger partial charge in [0.1, 0.15) is 0 Å². The van der Waals surface area contributed by atoms with Gasteiger partial charge >= 0.3 is 0 Å². The molecule has 1 heterocycles. The first-order valence-corrected chi connectivity index (χ1v) is 7.47. The molecular weight excluding hydrogens is 401 g/mol. The number of guanidine groups is 1. The maximum atomic E-state index is 6.13. The van der Waals surface area contributed by atoms with Crippen LogP contribution in [0.15, 0.2) is 29.3 Å². The first kappa shape index (κ1) is 18.5. The zero-order chi connectivity index (χ0) is 14.2. The summed E-state index contributed by atoms with van der Waals surface area (Å²) in [5, 5.41) is 7.40. The van der Waals surface area contributed by atoms with Crippen LogP contribution in [-0.4, -0.2) is 38.8 Å². The van der Waals surface area contributed by atoms with E-state index in [2.05, 4.69) is 15.6 Å². The summed E-state index contributed by atoms with van der Waals surface area (Å²) in [7, 11) is 1.78. The Hall–Kier alpha value is -0.530. The predicted molar refractivity (Wildman–Crippen MR) is 98.9 cm³/mol. The van der Waals surface area contributed by atoms with E-state index >= 15 is 0 Å². The van der Waals surface area contributed by atoms with Crippen molar-refractivity contribution in [2.45, 2.75) is 25.4 Å². The highest BCUT2D eigenvalue weighted by Crippen LogP contribution is 2.14. The highest BCUT2D eigenvalue weighted by atomic mass is 127. The topological polar surface area (TPSA) is 45.7 Å². The van der Waals surface area contributed by atoms with Gasteiger partial charge in [-0.05, 0) is 30.9 Å². The molecule has 1 atom stereocenters. The molecule has 21 heavy (non-hydrogen) atoms. The molecule has 1 aromatic carbocycles. The molecule has 1 aliphatic rings. The summed E-state index contributed by atoms with van der Waals surface area (Å²) in [5.74, 6) is 0.813. The van der Waals surface area contributed by atoms with Gasteiger partial charge in [0, 0.05) is 31.8 Å². The average molecular weight is 424 g/mol. The summed E-state index contributed by atoms with van der Waals surface area (Å²) >= 11 is 6.13. The Morgan fingerprint density at radius 3 is 2.86 bits per heavy atom. The van der Waals surface area contributed by atoms with Crippen molar-refractivity contribution in [1.82, 2.24) is 10.6 Å². The van der Waals surface area contributed by atoms with Crippen LogP contribution in [0.4, 0.5) is 0 Å². The molecule has 0 saturated carbocycles. The van der Waals surface area contributed by atoms with Gasteiger partial charge in [0.15, 0.2) is 5.96 Å². The zero-order valence-corrected chi connectivity index (χ0v) is 15.4. The van der Waals surface area contributed by atoms with Crippen molar-refractivity contribution in [3.63, 3.8) is 0 Å². The van der Waals surface area contributed by atoms with Crippen LogP contribution in [0.5, 0.6) is 0 Å². The fourth-order valence-electron chi connectivity index (χ4n) is 2.25. The van der Waals surface area contributed by atoms with E-state index in [9.17, 15) is 0 Å². The molecule has 0 aliphatic carbocycles. The third kappa shape index (κ3) is 6.40. The van der Waals surface area contributed by atoms with Crippen molar-refractivity contribution >= 4 is 41.5 Å². The summed E-state index contributed by atoms with van der Waals surface area (Å²) in [4.78, 5) is 4.21. The van der Waals surface area contributed by atoms with Crippen molar-refractivity contribution in [3.8, 4) is 0 Å². The van der Waals surface area contributed by atoms with Gasteiger partial charge in [0.2, 0.25) is 0 Å². The van der Waals surface area contributed by atoms with Gasteiger partial charge in [0.05, 0.1) is 6.10 Å². The molecule has 0 bridgehead atoms. The van der Waals surface area contributed by atoms with Gasteiger partial charge in [-0.2, -0.15) is 0 Å². The Balaban J connectivity index is 0.00000220. The molecule has 1 aliphatic heterocycles. The van der Waals surface area contributed by atoms with Crippen LogP contribution in [-0.2, 0) is 11.2 Å². The molecule has 0 aromatic heterocycles. The Kier molecular flexibility index (Phi) is 9.03. The summed E-state index contributed by atoms with van der Waals surface area (Å²) in [6.45, 7) is 2.49. The fraction of sp³-hybridized carbons (Fsp3) is 0.533. The van der Waals surface area contributed by atoms with Gasteiger partial charge < -0.3 is 15.4 Å². The zero-order valence-electron chi connectivity index (χ0n) is 12.3. The highest BCUT2D eigenvalue weighted by molar-refractivity contribution is 14.0. The Bertz CT molecular complexity index is 450. The predicted octanol–water partition coefficient (Wildman–Crippen LogP) is 2.84. The van der Waals surface area contributed by atoms with Crippen LogP contribution in [0.25, 0.3) is 0 Å². The molecule has 2 N–H and O–H groups in total. The smallest absolute Gasteiger partial charge is 0.191 e. The minimum atomic E-state index is 0. The molecule has 1 saturated heterocycles. The number of halogens is 2. The van der Waals surface area contributed by atoms with Gasteiger partial charge in [-0.1, -0.05) is 29.8 Å². The lowest BCUT2D eigenvalue weighted by molar-refractivity contribution is 0.114. The summed E-state index contributed by atoms with van der Waals surface area (Å²) < 4.78 is 5.57. The number of nitrogens with one attached hydrogen (secondary N) is 2. The number of rotatable bonds is 5. The lowest BCUT2D eigenvalue weighted by Crippen LogP contribution is -2.41. The van der Waals surface area contributed by atoms with E-state index in [0.29, 0.717) is 6.10 Å². The van der Waals surface area contributed by atoms with Crippen molar-refractivity contribution < 1.29 is 4.74 Å². The van der Waals surface area contributed by atoms with Gasteiger partial charge in [-0.25, -0.2) is 0 Å². The Morgan fingerprint density at radius 2 is 2.19 bits per heavy atom. The first-order valence-electron chi connectivity index (χ1n) is 7.09. The molecule has 4 nitrogen and oxygen atoms in total. The maximum absolute atomic E-state index is 6.13. The maximum Gasteiger partial charge on any atom is 0.191 e. The molecule has 1 aromatic rings. The van der Waals surface area contributed by atoms with Crippen LogP contribution < -0.4 is 10.6 Å². The molecule has 1 fully saturated rings. The number of benzene rings is 1. The normalized spacial score (nSPS) is 18.2. The molecule has 0 spiro atoms. The molecular formula is C15H23ClIN3O. The molecule has 1 unspecified atom stereocenters. The van der Waals surface area contributed by atoms with E-state index in [0.717, 1.165) is 55.5 Å². The minimum Gasteiger partial charge on any atom is -0.376 e. The van der Waals surface area contributed by atoms with Gasteiger partial charge in [0.25, 0.3) is 0 Å². The molecule has 2 rings (SSSR count). The second kappa shape index (κ2) is 10.2. The van der Waals surface area contributed by atoms with E-state index < -0.39 is 0 Å². The van der Waals surface area contributed by atoms with Crippen LogP contribution in [0, 0.1) is 0 Å². The van der Waals surface area contributed by atoms with E-state index in [1.165, 1.54) is 0 Å². The average Bonchev–Trinajstić information content (AvgIpc) is 2.98. The molecule has 0 radical (unpaired) electrons. The SMILES string of the molecule is CN=C(NCCc1ccccc1Cl)NCC1CCCO1.I. The second-order valence-electron chi connectivity index (χ2n) is 4.86. The largest absolute Gasteiger partial charge is 0.376 e. The summed E-state index contributed by atoms with van der Waals surface area (Å²) in [6.07, 6.45) is 3.48. The highest BCUT2D eigenvalue weighted by Gasteiger charge is 2.15. The minimum absolute atomic E-state index is 0. The van der Waals surface area contributed by atoms with Crippen molar-refractivity contribution in [1.29, 1.82) is 0 Å². The van der Waals surface area contributed by atoms with E-state index in [4.69, 9.17) is 16.3 Å². The summed E-state index contributed by atoms with van der Waals surface area (Å²) in [6, 6.07) is 7.92. The Labute approximate surface area is 148 Å². The summed E-state index contributed by atoms with van der Waals surface area (Å²) in [5.41, 5.74) is 1.15. The van der Waals surface area contributed by atoms with E-state index in [1.54, 1.807) is 7.05 Å². The van der Waals surface area contributed by atoms with E-state index in [-0.39, 0.29) is 24.0 Å². The lowest BCUT2D eigenvalue weighted by atomic mass is 10.1. The molecule has 6 heteroatoms. The number of nitrogens with zero attached hydrogens (tertiary/aromatic N) is 1. The second-order valence-corrected chi connectivity index (χ2v) is 5.26. The molecule has 118 valence electrons. The van der Waals surface area contributed by atoms with Crippen molar-refractivity contribution in [3.05, 3.63) is 34.9 Å². The Morgan fingerprint density at radius 1 is 1.38 bits per heavy atom. The number of ether oxygens (including phenoxy) is 1. The van der Waals surface area contributed by atoms with Crippen LogP contribution in [0.1, 0.15) is 18.4 Å². The number of hydrogen-bond acceptors (Lipinski definition) is 2. The van der Waals surface area contributed by atoms with Crippen LogP contribution in [0.2, 0.25) is 5.02 Å². The van der Waals surface area contributed by atoms with Gasteiger partial charge in [-0.15, -0.1) is 24.0 Å². The fourth-order valence-corrected chi connectivity index (χ4v) is 2.48. The molecule has 0 amide bonds.